The van der Waals surface area contributed by atoms with E-state index in [2.05, 4.69) is 5.32 Å². The zero-order chi connectivity index (χ0) is 15.5. The number of amides is 1. The predicted octanol–water partition coefficient (Wildman–Crippen LogP) is 2.79. The van der Waals surface area contributed by atoms with Gasteiger partial charge in [-0.15, -0.1) is 0 Å². The van der Waals surface area contributed by atoms with Crippen LogP contribution >= 0.6 is 0 Å². The molecule has 0 aliphatic rings. The Kier molecular flexibility index (Phi) is 8.71. The number of ether oxygens (including phenoxy) is 1. The Balaban J connectivity index is 2.06. The summed E-state index contributed by atoms with van der Waals surface area (Å²) in [5.74, 6) is 0.0751. The first-order valence-electron chi connectivity index (χ1n) is 7.78. The van der Waals surface area contributed by atoms with Gasteiger partial charge < -0.3 is 15.8 Å². The van der Waals surface area contributed by atoms with Gasteiger partial charge in [0.2, 0.25) is 5.91 Å². The van der Waals surface area contributed by atoms with Crippen LogP contribution in [0, 0.1) is 0 Å². The Morgan fingerprint density at radius 3 is 2.62 bits per heavy atom. The molecule has 4 nitrogen and oxygen atoms in total. The number of rotatable bonds is 10. The van der Waals surface area contributed by atoms with Crippen molar-refractivity contribution in [3.63, 3.8) is 0 Å². The van der Waals surface area contributed by atoms with E-state index in [9.17, 15) is 4.79 Å². The van der Waals surface area contributed by atoms with E-state index in [0.29, 0.717) is 19.4 Å². The minimum atomic E-state index is -0.0728. The van der Waals surface area contributed by atoms with Gasteiger partial charge in [0.05, 0.1) is 6.10 Å². The maximum atomic E-state index is 11.7. The number of hydrogen-bond donors (Lipinski definition) is 2. The molecular formula is C17H28N2O2. The Morgan fingerprint density at radius 2 is 1.95 bits per heavy atom. The fourth-order valence-electron chi connectivity index (χ4n) is 2.02. The van der Waals surface area contributed by atoms with Gasteiger partial charge in [-0.2, -0.15) is 0 Å². The van der Waals surface area contributed by atoms with Crippen molar-refractivity contribution >= 4 is 5.91 Å². The van der Waals surface area contributed by atoms with Gasteiger partial charge in [0.15, 0.2) is 0 Å². The third kappa shape index (κ3) is 8.48. The first-order chi connectivity index (χ1) is 10.1. The number of carbonyl (C=O) groups excluding carboxylic acids is 1. The Bertz CT molecular complexity index is 393. The summed E-state index contributed by atoms with van der Waals surface area (Å²) in [4.78, 5) is 11.7. The van der Waals surface area contributed by atoms with Crippen LogP contribution in [-0.2, 0) is 9.53 Å². The SMILES string of the molecule is CC(C)OCCCCNC(=O)CCC(N)c1ccccc1. The van der Waals surface area contributed by atoms with Crippen molar-refractivity contribution in [2.45, 2.75) is 51.7 Å². The number of unbranched alkanes of at least 4 members (excludes halogenated alkanes) is 1. The highest BCUT2D eigenvalue weighted by atomic mass is 16.5. The van der Waals surface area contributed by atoms with Crippen LogP contribution in [0.5, 0.6) is 0 Å². The summed E-state index contributed by atoms with van der Waals surface area (Å²) in [7, 11) is 0. The van der Waals surface area contributed by atoms with E-state index >= 15 is 0 Å². The molecule has 1 atom stereocenters. The highest BCUT2D eigenvalue weighted by molar-refractivity contribution is 5.75. The summed E-state index contributed by atoms with van der Waals surface area (Å²) < 4.78 is 5.45. The molecule has 0 aromatic heterocycles. The molecule has 0 radical (unpaired) electrons. The second-order valence-corrected chi connectivity index (χ2v) is 5.53. The highest BCUT2D eigenvalue weighted by Crippen LogP contribution is 2.14. The number of nitrogens with two attached hydrogens (primary N) is 1. The maximum Gasteiger partial charge on any atom is 0.220 e. The van der Waals surface area contributed by atoms with Crippen molar-refractivity contribution in [2.75, 3.05) is 13.2 Å². The lowest BCUT2D eigenvalue weighted by molar-refractivity contribution is -0.121. The standard InChI is InChI=1S/C17H28N2O2/c1-14(2)21-13-7-6-12-19-17(20)11-10-16(18)15-8-4-3-5-9-15/h3-5,8-9,14,16H,6-7,10-13,18H2,1-2H3,(H,19,20). The third-order valence-electron chi connectivity index (χ3n) is 3.25. The average molecular weight is 292 g/mol. The van der Waals surface area contributed by atoms with Crippen molar-refractivity contribution < 1.29 is 9.53 Å². The van der Waals surface area contributed by atoms with E-state index in [1.165, 1.54) is 0 Å². The highest BCUT2D eigenvalue weighted by Gasteiger charge is 2.08. The van der Waals surface area contributed by atoms with E-state index in [4.69, 9.17) is 10.5 Å². The molecule has 3 N–H and O–H groups in total. The van der Waals surface area contributed by atoms with Gasteiger partial charge in [-0.3, -0.25) is 4.79 Å². The first kappa shape index (κ1) is 17.7. The Labute approximate surface area is 128 Å². The first-order valence-corrected chi connectivity index (χ1v) is 7.78. The molecule has 118 valence electrons. The molecule has 1 rings (SSSR count). The largest absolute Gasteiger partial charge is 0.379 e. The van der Waals surface area contributed by atoms with Gasteiger partial charge in [0.1, 0.15) is 0 Å². The summed E-state index contributed by atoms with van der Waals surface area (Å²) >= 11 is 0. The molecule has 21 heavy (non-hydrogen) atoms. The average Bonchev–Trinajstić information content (AvgIpc) is 2.49. The topological polar surface area (TPSA) is 64.3 Å². The zero-order valence-corrected chi connectivity index (χ0v) is 13.2. The summed E-state index contributed by atoms with van der Waals surface area (Å²) in [6.45, 7) is 5.52. The molecule has 0 saturated heterocycles. The molecular weight excluding hydrogens is 264 g/mol. The van der Waals surface area contributed by atoms with Crippen molar-refractivity contribution in [1.29, 1.82) is 0 Å². The summed E-state index contributed by atoms with van der Waals surface area (Å²) in [6, 6.07) is 9.82. The molecule has 0 aliphatic carbocycles. The van der Waals surface area contributed by atoms with Crippen LogP contribution in [0.3, 0.4) is 0 Å². The second-order valence-electron chi connectivity index (χ2n) is 5.53. The van der Waals surface area contributed by atoms with Crippen molar-refractivity contribution in [3.05, 3.63) is 35.9 Å². The van der Waals surface area contributed by atoms with Gasteiger partial charge in [-0.25, -0.2) is 0 Å². The number of benzene rings is 1. The van der Waals surface area contributed by atoms with Gasteiger partial charge >= 0.3 is 0 Å². The molecule has 0 fully saturated rings. The lowest BCUT2D eigenvalue weighted by atomic mass is 10.0. The maximum absolute atomic E-state index is 11.7. The van der Waals surface area contributed by atoms with E-state index in [1.54, 1.807) is 0 Å². The van der Waals surface area contributed by atoms with Crippen LogP contribution in [0.2, 0.25) is 0 Å². The predicted molar refractivity (Wildman–Crippen MR) is 85.9 cm³/mol. The summed E-state index contributed by atoms with van der Waals surface area (Å²) in [6.07, 6.45) is 3.34. The van der Waals surface area contributed by atoms with Crippen LogP contribution in [0.4, 0.5) is 0 Å². The van der Waals surface area contributed by atoms with Gasteiger partial charge in [0.25, 0.3) is 0 Å². The van der Waals surface area contributed by atoms with Crippen molar-refractivity contribution in [1.82, 2.24) is 5.32 Å². The lowest BCUT2D eigenvalue weighted by Gasteiger charge is -2.12. The fourth-order valence-corrected chi connectivity index (χ4v) is 2.02. The molecule has 0 spiro atoms. The van der Waals surface area contributed by atoms with Crippen LogP contribution in [0.25, 0.3) is 0 Å². The molecule has 0 aliphatic heterocycles. The van der Waals surface area contributed by atoms with Crippen LogP contribution in [-0.4, -0.2) is 25.2 Å². The van der Waals surface area contributed by atoms with Gasteiger partial charge in [0, 0.05) is 25.6 Å². The van der Waals surface area contributed by atoms with Gasteiger partial charge in [-0.1, -0.05) is 30.3 Å². The molecule has 0 bridgehead atoms. The quantitative estimate of drug-likeness (QED) is 0.652. The van der Waals surface area contributed by atoms with Crippen LogP contribution < -0.4 is 11.1 Å². The lowest BCUT2D eigenvalue weighted by Crippen LogP contribution is -2.25. The number of hydrogen-bond acceptors (Lipinski definition) is 3. The van der Waals surface area contributed by atoms with E-state index in [1.807, 2.05) is 44.2 Å². The van der Waals surface area contributed by atoms with Crippen LogP contribution in [0.15, 0.2) is 30.3 Å². The fraction of sp³-hybridized carbons (Fsp3) is 0.588. The molecule has 0 saturated carbocycles. The zero-order valence-electron chi connectivity index (χ0n) is 13.2. The molecule has 4 heteroatoms. The van der Waals surface area contributed by atoms with E-state index in [-0.39, 0.29) is 18.1 Å². The second kappa shape index (κ2) is 10.4. The summed E-state index contributed by atoms with van der Waals surface area (Å²) in [5.41, 5.74) is 7.15. The Hall–Kier alpha value is -1.39. The van der Waals surface area contributed by atoms with Gasteiger partial charge in [-0.05, 0) is 38.7 Å². The molecule has 1 aromatic rings. The minimum Gasteiger partial charge on any atom is -0.379 e. The molecule has 1 aromatic carbocycles. The molecule has 1 amide bonds. The molecule has 0 heterocycles. The van der Waals surface area contributed by atoms with E-state index < -0.39 is 0 Å². The number of carbonyl (C=O) groups is 1. The number of nitrogens with one attached hydrogen (secondary N) is 1. The normalized spacial score (nSPS) is 12.4. The molecule has 1 unspecified atom stereocenters. The Morgan fingerprint density at radius 1 is 1.24 bits per heavy atom. The third-order valence-corrected chi connectivity index (χ3v) is 3.25. The summed E-state index contributed by atoms with van der Waals surface area (Å²) in [5, 5.41) is 2.93. The van der Waals surface area contributed by atoms with E-state index in [0.717, 1.165) is 25.0 Å². The smallest absolute Gasteiger partial charge is 0.220 e. The monoisotopic (exact) mass is 292 g/mol. The van der Waals surface area contributed by atoms with Crippen molar-refractivity contribution in [3.8, 4) is 0 Å². The van der Waals surface area contributed by atoms with Crippen LogP contribution in [0.1, 0.15) is 51.1 Å². The minimum absolute atomic E-state index is 0.0728. The van der Waals surface area contributed by atoms with Crippen molar-refractivity contribution in [2.24, 2.45) is 5.73 Å².